The number of aliphatic hydroxyl groups is 1. The molecule has 0 fully saturated rings. The van der Waals surface area contributed by atoms with Crippen molar-refractivity contribution in [2.24, 2.45) is 0 Å². The van der Waals surface area contributed by atoms with Gasteiger partial charge in [-0.2, -0.15) is 12.6 Å². The van der Waals surface area contributed by atoms with Gasteiger partial charge in [0.2, 0.25) is 0 Å². The number of halogens is 1. The summed E-state index contributed by atoms with van der Waals surface area (Å²) in [6.07, 6.45) is 6.29. The summed E-state index contributed by atoms with van der Waals surface area (Å²) in [5.74, 6) is -1.80. The third-order valence-electron chi connectivity index (χ3n) is 6.80. The zero-order valence-electron chi connectivity index (χ0n) is 24.3. The van der Waals surface area contributed by atoms with Crippen LogP contribution in [0.4, 0.5) is 4.39 Å². The summed E-state index contributed by atoms with van der Waals surface area (Å²) >= 11 is 4.66. The first kappa shape index (κ1) is 32.6. The smallest absolute Gasteiger partial charge is 0.305 e. The fourth-order valence-electron chi connectivity index (χ4n) is 5.13. The lowest BCUT2D eigenvalue weighted by atomic mass is 9.94. The Morgan fingerprint density at radius 2 is 1.76 bits per heavy atom. The van der Waals surface area contributed by atoms with Crippen LogP contribution in [-0.4, -0.2) is 38.0 Å². The summed E-state index contributed by atoms with van der Waals surface area (Å²) in [5, 5.41) is 22.0. The molecule has 1 aromatic heterocycles. The van der Waals surface area contributed by atoms with Crippen LogP contribution in [0.2, 0.25) is 0 Å². The summed E-state index contributed by atoms with van der Waals surface area (Å²) in [6, 6.07) is 15.8. The van der Waals surface area contributed by atoms with E-state index in [1.54, 1.807) is 30.4 Å². The predicted octanol–water partition coefficient (Wildman–Crippen LogP) is 7.37. The first-order valence-electron chi connectivity index (χ1n) is 14.0. The molecule has 8 heteroatoms. The lowest BCUT2D eigenvalue weighted by Gasteiger charge is -2.20. The summed E-state index contributed by atoms with van der Waals surface area (Å²) in [5.41, 5.74) is 4.97. The van der Waals surface area contributed by atoms with E-state index in [0.717, 1.165) is 28.1 Å². The van der Waals surface area contributed by atoms with E-state index in [1.807, 2.05) is 57.2 Å². The van der Waals surface area contributed by atoms with Crippen LogP contribution >= 0.6 is 12.6 Å². The molecule has 0 aliphatic heterocycles. The molecule has 0 saturated heterocycles. The molecule has 2 atom stereocenters. The minimum absolute atomic E-state index is 0.0769. The number of carboxylic acid groups (broad SMARTS) is 1. The molecule has 3 aromatic rings. The topological polar surface area (TPSA) is 91.6 Å². The van der Waals surface area contributed by atoms with Gasteiger partial charge < -0.3 is 20.1 Å². The molecular weight excluding hydrogens is 551 g/mol. The fourth-order valence-corrected chi connectivity index (χ4v) is 5.49. The second-order valence-corrected chi connectivity index (χ2v) is 11.1. The number of carbonyl (C=O) groups is 2. The molecule has 0 unspecified atom stereocenters. The van der Waals surface area contributed by atoms with E-state index in [4.69, 9.17) is 5.11 Å². The van der Waals surface area contributed by atoms with Gasteiger partial charge in [-0.3, -0.25) is 9.59 Å². The number of nitrogens with one attached hydrogen (secondary N) is 1. The Hall–Kier alpha value is -3.88. The maximum absolute atomic E-state index is 14.2. The number of aliphatic carboxylic acids is 1. The summed E-state index contributed by atoms with van der Waals surface area (Å²) in [7, 11) is 0. The lowest BCUT2D eigenvalue weighted by Crippen LogP contribution is -2.24. The van der Waals surface area contributed by atoms with Crippen LogP contribution in [0, 0.1) is 5.82 Å². The van der Waals surface area contributed by atoms with Crippen molar-refractivity contribution in [3.8, 4) is 22.4 Å². The largest absolute Gasteiger partial charge is 0.481 e. The van der Waals surface area contributed by atoms with E-state index in [2.05, 4.69) is 29.1 Å². The highest BCUT2D eigenvalue weighted by Crippen LogP contribution is 2.42. The van der Waals surface area contributed by atoms with Crippen molar-refractivity contribution in [2.75, 3.05) is 0 Å². The molecule has 0 saturated carbocycles. The number of carbonyl (C=O) groups excluding carboxylic acids is 1. The highest BCUT2D eigenvalue weighted by atomic mass is 32.1. The van der Waals surface area contributed by atoms with E-state index in [1.165, 1.54) is 12.1 Å². The Morgan fingerprint density at radius 1 is 1.10 bits per heavy atom. The van der Waals surface area contributed by atoms with Gasteiger partial charge in [0.25, 0.3) is 5.91 Å². The minimum atomic E-state index is -1.07. The predicted molar refractivity (Wildman–Crippen MR) is 170 cm³/mol. The van der Waals surface area contributed by atoms with Gasteiger partial charge in [-0.15, -0.1) is 0 Å². The number of aromatic nitrogens is 1. The van der Waals surface area contributed by atoms with Crippen LogP contribution in [0.3, 0.4) is 0 Å². The summed E-state index contributed by atoms with van der Waals surface area (Å²) in [6.45, 7) is 10.1. The number of rotatable bonds is 14. The molecule has 222 valence electrons. The minimum Gasteiger partial charge on any atom is -0.481 e. The zero-order valence-corrected chi connectivity index (χ0v) is 25.2. The molecule has 6 nitrogen and oxygen atoms in total. The molecule has 3 rings (SSSR count). The van der Waals surface area contributed by atoms with Crippen molar-refractivity contribution in [3.05, 3.63) is 108 Å². The Kier molecular flexibility index (Phi) is 11.9. The number of hydrogen-bond acceptors (Lipinski definition) is 4. The number of carboxylic acids is 1. The molecule has 0 spiro atoms. The zero-order chi connectivity index (χ0) is 30.8. The van der Waals surface area contributed by atoms with E-state index < -0.39 is 12.1 Å². The second kappa shape index (κ2) is 15.4. The average molecular weight is 591 g/mol. The number of thiol groups is 1. The molecule has 2 aromatic carbocycles. The fraction of sp³-hybridized carbons (Fsp3) is 0.294. The molecule has 0 aliphatic carbocycles. The number of benzene rings is 2. The lowest BCUT2D eigenvalue weighted by molar-refractivity contribution is -0.139. The number of allylic oxidation sites excluding steroid dienone is 4. The molecule has 0 aliphatic rings. The maximum atomic E-state index is 14.2. The maximum Gasteiger partial charge on any atom is 0.305 e. The van der Waals surface area contributed by atoms with Gasteiger partial charge in [0, 0.05) is 28.7 Å². The van der Waals surface area contributed by atoms with Crippen LogP contribution in [0.25, 0.3) is 22.4 Å². The molecule has 0 bridgehead atoms. The van der Waals surface area contributed by atoms with Gasteiger partial charge in [-0.25, -0.2) is 4.39 Å². The number of hydrogen-bond donors (Lipinski definition) is 4. The van der Waals surface area contributed by atoms with Crippen LogP contribution < -0.4 is 5.32 Å². The van der Waals surface area contributed by atoms with Gasteiger partial charge >= 0.3 is 5.97 Å². The van der Waals surface area contributed by atoms with Gasteiger partial charge in [0.15, 0.2) is 0 Å². The number of amides is 1. The Balaban J connectivity index is 2.27. The number of aliphatic hydroxyl groups excluding tert-OH is 1. The van der Waals surface area contributed by atoms with Crippen LogP contribution in [0.15, 0.2) is 91.2 Å². The van der Waals surface area contributed by atoms with E-state index in [-0.39, 0.29) is 35.7 Å². The van der Waals surface area contributed by atoms with Gasteiger partial charge in [-0.05, 0) is 73.2 Å². The molecule has 1 amide bonds. The van der Waals surface area contributed by atoms with Crippen LogP contribution in [-0.2, 0) is 11.3 Å². The third-order valence-corrected chi connectivity index (χ3v) is 7.27. The van der Waals surface area contributed by atoms with Crippen molar-refractivity contribution in [1.29, 1.82) is 0 Å². The van der Waals surface area contributed by atoms with Crippen molar-refractivity contribution < 1.29 is 24.2 Å². The van der Waals surface area contributed by atoms with E-state index in [0.29, 0.717) is 24.2 Å². The Morgan fingerprint density at radius 3 is 2.33 bits per heavy atom. The van der Waals surface area contributed by atoms with Gasteiger partial charge in [-0.1, -0.05) is 62.9 Å². The second-order valence-electron chi connectivity index (χ2n) is 10.4. The van der Waals surface area contributed by atoms with Crippen LogP contribution in [0.5, 0.6) is 0 Å². The molecule has 3 N–H and O–H groups in total. The molecule has 42 heavy (non-hydrogen) atoms. The first-order valence-corrected chi connectivity index (χ1v) is 14.5. The third kappa shape index (κ3) is 8.33. The van der Waals surface area contributed by atoms with Crippen molar-refractivity contribution >= 4 is 24.5 Å². The van der Waals surface area contributed by atoms with Crippen LogP contribution in [0.1, 0.15) is 62.0 Å². The average Bonchev–Trinajstić information content (AvgIpc) is 3.28. The molecule has 1 heterocycles. The molecular formula is C34H39FN2O4S. The van der Waals surface area contributed by atoms with Gasteiger partial charge in [0.1, 0.15) is 5.82 Å². The monoisotopic (exact) mass is 590 g/mol. The SMILES string of the molecule is C=C/C=C(\C=C/C)NC(=O)c1c(-c2ccccc2)c(-c2ccc(F)cc2)n(CC[C@@H](S)C[C@@H](O)CC(=O)O)c1C(C)C. The Bertz CT molecular complexity index is 1440. The van der Waals surface area contributed by atoms with Crippen molar-refractivity contribution in [2.45, 2.75) is 63.9 Å². The highest BCUT2D eigenvalue weighted by Gasteiger charge is 2.31. The Labute approximate surface area is 252 Å². The van der Waals surface area contributed by atoms with E-state index in [9.17, 15) is 19.1 Å². The van der Waals surface area contributed by atoms with Crippen molar-refractivity contribution in [3.63, 3.8) is 0 Å². The highest BCUT2D eigenvalue weighted by molar-refractivity contribution is 7.80. The quantitative estimate of drug-likeness (QED) is 0.117. The standard InChI is InChI=1S/C34H39FN2O4S/c1-5-10-26(11-6-2)36-34(41)31-30(23-12-8-7-9-13-23)33(24-14-16-25(35)17-15-24)37(32(31)22(3)4)19-18-28(42)20-27(38)21-29(39)40/h5-17,22,27-28,38,42H,1,18-21H2,2-4H3,(H,36,41)(H,39,40)/b11-6-,26-10+/t27-,28-/m1/s1. The first-order chi connectivity index (χ1) is 20.1. The normalized spacial score (nSPS) is 13.4. The van der Waals surface area contributed by atoms with E-state index >= 15 is 0 Å². The van der Waals surface area contributed by atoms with Gasteiger partial charge in [0.05, 0.1) is 23.8 Å². The summed E-state index contributed by atoms with van der Waals surface area (Å²) < 4.78 is 16.1. The summed E-state index contributed by atoms with van der Waals surface area (Å²) in [4.78, 5) is 25.2. The molecule has 0 radical (unpaired) electrons. The number of nitrogens with zero attached hydrogens (tertiary/aromatic N) is 1. The van der Waals surface area contributed by atoms with Crippen molar-refractivity contribution in [1.82, 2.24) is 9.88 Å².